The Morgan fingerprint density at radius 3 is 2.88 bits per heavy atom. The number of rotatable bonds is 6. The Bertz CT molecular complexity index is 995. The van der Waals surface area contributed by atoms with Gasteiger partial charge in [0.25, 0.3) is 5.56 Å². The molecule has 0 saturated heterocycles. The number of anilines is 1. The molecule has 2 aromatic heterocycles. The number of aromatic nitrogens is 2. The van der Waals surface area contributed by atoms with E-state index in [-0.39, 0.29) is 23.0 Å². The summed E-state index contributed by atoms with van der Waals surface area (Å²) < 4.78 is 0. The molecule has 3 N–H and O–H groups in total. The number of phenolic OH excluding ortho intramolecular Hbond substituents is 1. The van der Waals surface area contributed by atoms with Crippen molar-refractivity contribution in [1.29, 1.82) is 0 Å². The fourth-order valence-electron chi connectivity index (χ4n) is 2.35. The summed E-state index contributed by atoms with van der Waals surface area (Å²) in [6, 6.07) is 8.46. The summed E-state index contributed by atoms with van der Waals surface area (Å²) in [5.74, 6) is 1.33. The van der Waals surface area contributed by atoms with E-state index < -0.39 is 0 Å². The fraction of sp³-hybridized carbons (Fsp3) is 0.278. The Balaban J connectivity index is 1.62. The smallest absolute Gasteiger partial charge is 0.259 e. The van der Waals surface area contributed by atoms with Crippen molar-refractivity contribution in [2.45, 2.75) is 25.5 Å². The van der Waals surface area contributed by atoms with Gasteiger partial charge in [-0.05, 0) is 24.1 Å². The van der Waals surface area contributed by atoms with Crippen LogP contribution in [0.5, 0.6) is 5.75 Å². The third-order valence-corrected chi connectivity index (χ3v) is 5.96. The van der Waals surface area contributed by atoms with Gasteiger partial charge in [-0.25, -0.2) is 4.98 Å². The van der Waals surface area contributed by atoms with E-state index in [4.69, 9.17) is 0 Å². The van der Waals surface area contributed by atoms with Crippen LogP contribution in [0.15, 0.2) is 35.1 Å². The van der Waals surface area contributed by atoms with Gasteiger partial charge < -0.3 is 15.4 Å². The Morgan fingerprint density at radius 1 is 1.38 bits per heavy atom. The highest BCUT2D eigenvalue weighted by Gasteiger charge is 2.12. The number of para-hydroxylation sites is 2. The molecule has 0 unspecified atom stereocenters. The van der Waals surface area contributed by atoms with E-state index in [1.807, 2.05) is 6.07 Å². The lowest BCUT2D eigenvalue weighted by atomic mass is 10.2. The maximum Gasteiger partial charge on any atom is 0.259 e. The van der Waals surface area contributed by atoms with Gasteiger partial charge in [0.15, 0.2) is 0 Å². The zero-order valence-electron chi connectivity index (χ0n) is 14.4. The summed E-state index contributed by atoms with van der Waals surface area (Å²) >= 11 is 2.88. The van der Waals surface area contributed by atoms with Crippen molar-refractivity contribution in [2.24, 2.45) is 0 Å². The molecule has 0 aliphatic rings. The monoisotopic (exact) mass is 389 g/mol. The second-order valence-corrected chi connectivity index (χ2v) is 8.14. The first-order valence-corrected chi connectivity index (χ1v) is 10.1. The molecular formula is C18H19N3O3S2. The molecule has 6 nitrogen and oxygen atoms in total. The summed E-state index contributed by atoms with van der Waals surface area (Å²) in [7, 11) is 0. The normalized spacial score (nSPS) is 11.2. The average Bonchev–Trinajstić information content (AvgIpc) is 3.02. The van der Waals surface area contributed by atoms with Crippen molar-refractivity contribution in [2.75, 3.05) is 11.1 Å². The molecule has 0 saturated carbocycles. The lowest BCUT2D eigenvalue weighted by Crippen LogP contribution is -2.15. The van der Waals surface area contributed by atoms with Crippen molar-refractivity contribution in [3.05, 3.63) is 51.4 Å². The van der Waals surface area contributed by atoms with Crippen molar-refractivity contribution in [3.8, 4) is 5.75 Å². The molecule has 0 radical (unpaired) electrons. The third-order valence-electron chi connectivity index (χ3n) is 3.69. The van der Waals surface area contributed by atoms with Crippen LogP contribution in [0.1, 0.15) is 30.5 Å². The van der Waals surface area contributed by atoms with Crippen molar-refractivity contribution in [1.82, 2.24) is 9.97 Å². The number of carbonyl (C=O) groups is 1. The quantitative estimate of drug-likeness (QED) is 0.559. The van der Waals surface area contributed by atoms with Gasteiger partial charge in [0, 0.05) is 4.88 Å². The Morgan fingerprint density at radius 2 is 2.15 bits per heavy atom. The van der Waals surface area contributed by atoms with E-state index in [2.05, 4.69) is 29.1 Å². The highest BCUT2D eigenvalue weighted by atomic mass is 32.2. The highest BCUT2D eigenvalue weighted by molar-refractivity contribution is 7.99. The second-order valence-electron chi connectivity index (χ2n) is 6.09. The summed E-state index contributed by atoms with van der Waals surface area (Å²) in [6.45, 7) is 4.16. The molecule has 0 bridgehead atoms. The van der Waals surface area contributed by atoms with E-state index in [1.54, 1.807) is 18.2 Å². The summed E-state index contributed by atoms with van der Waals surface area (Å²) in [4.78, 5) is 33.3. The minimum atomic E-state index is -0.224. The number of hydrogen-bond donors (Lipinski definition) is 3. The van der Waals surface area contributed by atoms with Gasteiger partial charge in [0.2, 0.25) is 5.91 Å². The van der Waals surface area contributed by atoms with Crippen LogP contribution in [0.3, 0.4) is 0 Å². The minimum absolute atomic E-state index is 0.0287. The summed E-state index contributed by atoms with van der Waals surface area (Å²) in [5, 5.41) is 12.9. The molecule has 26 heavy (non-hydrogen) atoms. The molecule has 1 aromatic carbocycles. The van der Waals surface area contributed by atoms with Gasteiger partial charge in [0.05, 0.1) is 22.6 Å². The standard InChI is InChI=1S/C18H19N3O3S2/c1-10(2)14-7-11-17(24)20-15(21-18(11)26-14)8-25-9-16(23)19-12-5-3-4-6-13(12)22/h3-7,10,22H,8-9H2,1-2H3,(H,19,23)(H,20,21,24). The van der Waals surface area contributed by atoms with Crippen LogP contribution in [0.25, 0.3) is 10.2 Å². The third kappa shape index (κ3) is 4.25. The van der Waals surface area contributed by atoms with Gasteiger partial charge in [-0.3, -0.25) is 9.59 Å². The van der Waals surface area contributed by atoms with E-state index in [9.17, 15) is 14.7 Å². The summed E-state index contributed by atoms with van der Waals surface area (Å²) in [5.41, 5.74) is 0.235. The van der Waals surface area contributed by atoms with Crippen LogP contribution >= 0.6 is 23.1 Å². The predicted molar refractivity (Wildman–Crippen MR) is 107 cm³/mol. The topological polar surface area (TPSA) is 95.1 Å². The number of carbonyl (C=O) groups excluding carboxylic acids is 1. The number of hydrogen-bond acceptors (Lipinski definition) is 6. The molecular weight excluding hydrogens is 370 g/mol. The molecule has 0 atom stereocenters. The number of thiophene rings is 1. The van der Waals surface area contributed by atoms with Gasteiger partial charge in [-0.2, -0.15) is 0 Å². The maximum atomic E-state index is 12.2. The van der Waals surface area contributed by atoms with Crippen molar-refractivity contribution >= 4 is 44.9 Å². The molecule has 1 amide bonds. The number of benzene rings is 1. The van der Waals surface area contributed by atoms with Crippen LogP contribution in [0.4, 0.5) is 5.69 Å². The highest BCUT2D eigenvalue weighted by Crippen LogP contribution is 2.28. The lowest BCUT2D eigenvalue weighted by molar-refractivity contribution is -0.113. The van der Waals surface area contributed by atoms with Gasteiger partial charge in [-0.15, -0.1) is 23.1 Å². The van der Waals surface area contributed by atoms with Crippen LogP contribution in [-0.2, 0) is 10.5 Å². The maximum absolute atomic E-state index is 12.2. The molecule has 2 heterocycles. The number of fused-ring (bicyclic) bond motifs is 1. The van der Waals surface area contributed by atoms with Crippen molar-refractivity contribution < 1.29 is 9.90 Å². The Hall–Kier alpha value is -2.32. The minimum Gasteiger partial charge on any atom is -0.506 e. The fourth-order valence-corrected chi connectivity index (χ4v) is 4.10. The largest absolute Gasteiger partial charge is 0.506 e. The first-order valence-electron chi connectivity index (χ1n) is 8.12. The van der Waals surface area contributed by atoms with Crippen LogP contribution in [-0.4, -0.2) is 26.7 Å². The van der Waals surface area contributed by atoms with Crippen molar-refractivity contribution in [3.63, 3.8) is 0 Å². The van der Waals surface area contributed by atoms with Gasteiger partial charge >= 0.3 is 0 Å². The number of aromatic hydroxyl groups is 1. The molecule has 3 aromatic rings. The molecule has 8 heteroatoms. The number of nitrogens with one attached hydrogen (secondary N) is 2. The number of amides is 1. The predicted octanol–water partition coefficient (Wildman–Crippen LogP) is 3.69. The van der Waals surface area contributed by atoms with Crippen LogP contribution < -0.4 is 10.9 Å². The number of thioether (sulfide) groups is 1. The molecule has 0 aliphatic heterocycles. The molecule has 3 rings (SSSR count). The number of nitrogens with zero attached hydrogens (tertiary/aromatic N) is 1. The Kier molecular flexibility index (Phi) is 5.63. The molecule has 0 aliphatic carbocycles. The number of aromatic amines is 1. The zero-order valence-corrected chi connectivity index (χ0v) is 16.0. The van der Waals surface area contributed by atoms with Gasteiger partial charge in [-0.1, -0.05) is 26.0 Å². The van der Waals surface area contributed by atoms with E-state index in [0.717, 1.165) is 9.71 Å². The zero-order chi connectivity index (χ0) is 18.7. The summed E-state index contributed by atoms with van der Waals surface area (Å²) in [6.07, 6.45) is 0. The van der Waals surface area contributed by atoms with E-state index in [0.29, 0.717) is 28.6 Å². The van der Waals surface area contributed by atoms with E-state index >= 15 is 0 Å². The van der Waals surface area contributed by atoms with Crippen LogP contribution in [0.2, 0.25) is 0 Å². The molecule has 0 fully saturated rings. The molecule has 0 spiro atoms. The lowest BCUT2D eigenvalue weighted by Gasteiger charge is -2.06. The SMILES string of the molecule is CC(C)c1cc2c(=O)[nH]c(CSCC(=O)Nc3ccccc3O)nc2s1. The molecule has 136 valence electrons. The van der Waals surface area contributed by atoms with E-state index in [1.165, 1.54) is 29.2 Å². The number of H-pyrrole nitrogens is 1. The Labute approximate surface area is 158 Å². The second kappa shape index (κ2) is 7.92. The van der Waals surface area contributed by atoms with Crippen LogP contribution in [0, 0.1) is 0 Å². The first kappa shape index (κ1) is 18.5. The number of phenols is 1. The average molecular weight is 390 g/mol. The first-order chi connectivity index (χ1) is 12.4. The van der Waals surface area contributed by atoms with Gasteiger partial charge in [0.1, 0.15) is 16.4 Å².